The molecule has 1 heterocycles. The summed E-state index contributed by atoms with van der Waals surface area (Å²) < 4.78 is 6.18. The molecule has 1 aromatic carbocycles. The van der Waals surface area contributed by atoms with E-state index in [1.165, 1.54) is 0 Å². The molecule has 1 aliphatic rings. The third-order valence-electron chi connectivity index (χ3n) is 3.52. The van der Waals surface area contributed by atoms with E-state index in [1.807, 2.05) is 31.2 Å². The molecule has 0 spiro atoms. The number of anilines is 1. The van der Waals surface area contributed by atoms with E-state index < -0.39 is 5.60 Å². The van der Waals surface area contributed by atoms with E-state index in [-0.39, 0.29) is 18.6 Å². The van der Waals surface area contributed by atoms with Crippen LogP contribution in [0.3, 0.4) is 0 Å². The van der Waals surface area contributed by atoms with Crippen LogP contribution in [0.2, 0.25) is 0 Å². The number of halogens is 1. The molecule has 3 N–H and O–H groups in total. The first-order valence-corrected chi connectivity index (χ1v) is 7.40. The van der Waals surface area contributed by atoms with Crippen molar-refractivity contribution in [3.05, 3.63) is 28.7 Å². The molecular formula is C14H19BrN2O3. The van der Waals surface area contributed by atoms with Crippen molar-refractivity contribution in [1.29, 1.82) is 0 Å². The number of nitrogens with one attached hydrogen (secondary N) is 2. The molecule has 1 fully saturated rings. The molecule has 0 aliphatic carbocycles. The van der Waals surface area contributed by atoms with E-state index in [0.29, 0.717) is 19.6 Å². The van der Waals surface area contributed by atoms with Gasteiger partial charge in [0.15, 0.2) is 0 Å². The molecule has 2 atom stereocenters. The van der Waals surface area contributed by atoms with Crippen LogP contribution in [0.25, 0.3) is 0 Å². The maximum Gasteiger partial charge on any atom is 0.238 e. The fourth-order valence-corrected chi connectivity index (χ4v) is 2.54. The van der Waals surface area contributed by atoms with Gasteiger partial charge in [-0.2, -0.15) is 0 Å². The van der Waals surface area contributed by atoms with Crippen molar-refractivity contribution >= 4 is 27.5 Å². The Labute approximate surface area is 126 Å². The number of aliphatic hydroxyl groups is 1. The predicted octanol–water partition coefficient (Wildman–Crippen LogP) is 1.52. The summed E-state index contributed by atoms with van der Waals surface area (Å²) in [6, 6.07) is 7.43. The van der Waals surface area contributed by atoms with Crippen LogP contribution in [0.4, 0.5) is 5.69 Å². The average molecular weight is 343 g/mol. The molecule has 0 aromatic heterocycles. The Bertz CT molecular complexity index is 483. The van der Waals surface area contributed by atoms with Crippen molar-refractivity contribution in [2.75, 3.05) is 25.0 Å². The van der Waals surface area contributed by atoms with Crippen LogP contribution in [0.1, 0.15) is 13.3 Å². The van der Waals surface area contributed by atoms with E-state index in [1.54, 1.807) is 0 Å². The summed E-state index contributed by atoms with van der Waals surface area (Å²) in [5, 5.41) is 16.1. The molecule has 1 aromatic rings. The van der Waals surface area contributed by atoms with Gasteiger partial charge in [0.2, 0.25) is 5.91 Å². The zero-order chi connectivity index (χ0) is 14.6. The normalized spacial score (nSPS) is 25.6. The summed E-state index contributed by atoms with van der Waals surface area (Å²) in [5.41, 5.74) is -0.149. The van der Waals surface area contributed by atoms with Crippen LogP contribution in [0, 0.1) is 0 Å². The van der Waals surface area contributed by atoms with Crippen molar-refractivity contribution in [2.24, 2.45) is 0 Å². The van der Waals surface area contributed by atoms with Gasteiger partial charge in [-0.25, -0.2) is 0 Å². The molecule has 5 nitrogen and oxygen atoms in total. The van der Waals surface area contributed by atoms with E-state index in [4.69, 9.17) is 4.74 Å². The van der Waals surface area contributed by atoms with Gasteiger partial charge >= 0.3 is 0 Å². The number of benzene rings is 1. The molecule has 20 heavy (non-hydrogen) atoms. The summed E-state index contributed by atoms with van der Waals surface area (Å²) in [5.74, 6) is -0.146. The van der Waals surface area contributed by atoms with Crippen molar-refractivity contribution in [3.63, 3.8) is 0 Å². The van der Waals surface area contributed by atoms with Gasteiger partial charge in [0.25, 0.3) is 0 Å². The van der Waals surface area contributed by atoms with Gasteiger partial charge in [-0.05, 0) is 35.0 Å². The highest BCUT2D eigenvalue weighted by Gasteiger charge is 2.39. The maximum absolute atomic E-state index is 11.8. The zero-order valence-electron chi connectivity index (χ0n) is 11.4. The van der Waals surface area contributed by atoms with Crippen LogP contribution < -0.4 is 10.6 Å². The fraction of sp³-hybridized carbons (Fsp3) is 0.500. The minimum absolute atomic E-state index is 0.146. The standard InChI is InChI=1S/C14H19BrN2O3/c1-10-14(19,6-7-20-10)9-16-8-13(18)17-12-5-3-2-4-11(12)15/h2-5,10,16,19H,6-9H2,1H3,(H,17,18). The number of carbonyl (C=O) groups is 1. The maximum atomic E-state index is 11.8. The molecule has 1 aliphatic heterocycles. The smallest absolute Gasteiger partial charge is 0.238 e. The summed E-state index contributed by atoms with van der Waals surface area (Å²) in [6.45, 7) is 2.90. The molecule has 1 amide bonds. The Morgan fingerprint density at radius 2 is 2.30 bits per heavy atom. The number of carbonyl (C=O) groups excluding carboxylic acids is 1. The molecule has 110 valence electrons. The van der Waals surface area contributed by atoms with Crippen LogP contribution >= 0.6 is 15.9 Å². The van der Waals surface area contributed by atoms with Gasteiger partial charge in [0.1, 0.15) is 5.60 Å². The highest BCUT2D eigenvalue weighted by Crippen LogP contribution is 2.24. The number of para-hydroxylation sites is 1. The highest BCUT2D eigenvalue weighted by atomic mass is 79.9. The lowest BCUT2D eigenvalue weighted by Gasteiger charge is -2.26. The van der Waals surface area contributed by atoms with Gasteiger partial charge in [0.05, 0.1) is 18.3 Å². The van der Waals surface area contributed by atoms with Crippen molar-refractivity contribution in [2.45, 2.75) is 25.0 Å². The highest BCUT2D eigenvalue weighted by molar-refractivity contribution is 9.10. The number of hydrogen-bond acceptors (Lipinski definition) is 4. The van der Waals surface area contributed by atoms with Crippen molar-refractivity contribution in [1.82, 2.24) is 5.32 Å². The lowest BCUT2D eigenvalue weighted by Crippen LogP contribution is -2.47. The monoisotopic (exact) mass is 342 g/mol. The summed E-state index contributed by atoms with van der Waals surface area (Å²) >= 11 is 3.37. The number of rotatable bonds is 5. The minimum atomic E-state index is -0.881. The Morgan fingerprint density at radius 1 is 1.55 bits per heavy atom. The van der Waals surface area contributed by atoms with Gasteiger partial charge < -0.3 is 20.5 Å². The van der Waals surface area contributed by atoms with Gasteiger partial charge in [-0.15, -0.1) is 0 Å². The van der Waals surface area contributed by atoms with Crippen molar-refractivity contribution < 1.29 is 14.6 Å². The SMILES string of the molecule is CC1OCCC1(O)CNCC(=O)Nc1ccccc1Br. The predicted molar refractivity (Wildman–Crippen MR) is 80.6 cm³/mol. The Kier molecular flexibility index (Phi) is 5.15. The summed E-state index contributed by atoms with van der Waals surface area (Å²) in [4.78, 5) is 11.8. The van der Waals surface area contributed by atoms with Crippen LogP contribution in [-0.2, 0) is 9.53 Å². The second kappa shape index (κ2) is 6.67. The minimum Gasteiger partial charge on any atom is -0.386 e. The molecule has 0 bridgehead atoms. The van der Waals surface area contributed by atoms with Gasteiger partial charge in [-0.3, -0.25) is 4.79 Å². The Balaban J connectivity index is 1.77. The van der Waals surface area contributed by atoms with E-state index in [0.717, 1.165) is 10.2 Å². The Morgan fingerprint density at radius 3 is 2.95 bits per heavy atom. The third-order valence-corrected chi connectivity index (χ3v) is 4.22. The first-order chi connectivity index (χ1) is 9.51. The second-order valence-corrected chi connectivity index (χ2v) is 5.85. The number of ether oxygens (including phenoxy) is 1. The molecule has 6 heteroatoms. The number of hydrogen-bond donors (Lipinski definition) is 3. The van der Waals surface area contributed by atoms with Crippen molar-refractivity contribution in [3.8, 4) is 0 Å². The average Bonchev–Trinajstić information content (AvgIpc) is 2.73. The quantitative estimate of drug-likeness (QED) is 0.758. The zero-order valence-corrected chi connectivity index (χ0v) is 12.9. The fourth-order valence-electron chi connectivity index (χ4n) is 2.15. The number of amides is 1. The lowest BCUT2D eigenvalue weighted by molar-refractivity contribution is -0.115. The van der Waals surface area contributed by atoms with Gasteiger partial charge in [-0.1, -0.05) is 12.1 Å². The summed E-state index contributed by atoms with van der Waals surface area (Å²) in [7, 11) is 0. The largest absolute Gasteiger partial charge is 0.386 e. The Hall–Kier alpha value is -0.950. The first kappa shape index (κ1) is 15.4. The molecule has 2 unspecified atom stereocenters. The summed E-state index contributed by atoms with van der Waals surface area (Å²) in [6.07, 6.45) is 0.383. The molecule has 1 saturated heterocycles. The van der Waals surface area contributed by atoms with E-state index in [2.05, 4.69) is 26.6 Å². The van der Waals surface area contributed by atoms with E-state index in [9.17, 15) is 9.90 Å². The van der Waals surface area contributed by atoms with Crippen LogP contribution in [-0.4, -0.2) is 42.4 Å². The van der Waals surface area contributed by atoms with Crippen LogP contribution in [0.15, 0.2) is 28.7 Å². The first-order valence-electron chi connectivity index (χ1n) is 6.60. The molecular weight excluding hydrogens is 324 g/mol. The van der Waals surface area contributed by atoms with Gasteiger partial charge in [0, 0.05) is 24.0 Å². The molecule has 2 rings (SSSR count). The topological polar surface area (TPSA) is 70.6 Å². The second-order valence-electron chi connectivity index (χ2n) is 5.00. The van der Waals surface area contributed by atoms with Crippen LogP contribution in [0.5, 0.6) is 0 Å². The lowest BCUT2D eigenvalue weighted by atomic mass is 9.97. The molecule has 0 saturated carbocycles. The molecule has 0 radical (unpaired) electrons. The third kappa shape index (κ3) is 3.79. The van der Waals surface area contributed by atoms with E-state index >= 15 is 0 Å².